The molecule has 0 saturated heterocycles. The quantitative estimate of drug-likeness (QED) is 0.114. The van der Waals surface area contributed by atoms with Crippen LogP contribution in [0.5, 0.6) is 0 Å². The highest BCUT2D eigenvalue weighted by atomic mass is 35.5. The topological polar surface area (TPSA) is 48.8 Å². The summed E-state index contributed by atoms with van der Waals surface area (Å²) in [5.74, 6) is 0.792. The van der Waals surface area contributed by atoms with Gasteiger partial charge < -0.3 is 10.6 Å². The predicted octanol–water partition coefficient (Wildman–Crippen LogP) is 8.99. The molecule has 0 heterocycles. The molecule has 1 rings (SSSR count). The van der Waals surface area contributed by atoms with Crippen LogP contribution in [0, 0.1) is 0 Å². The Balaban J connectivity index is -0.00000112. The van der Waals surface area contributed by atoms with E-state index >= 15 is 0 Å². The molecule has 37 heavy (non-hydrogen) atoms. The van der Waals surface area contributed by atoms with Gasteiger partial charge in [0.1, 0.15) is 0 Å². The number of alkyl halides is 1. The first-order valence-corrected chi connectivity index (χ1v) is 14.2. The molecule has 0 unspecified atom stereocenters. The van der Waals surface area contributed by atoms with Gasteiger partial charge in [-0.15, -0.1) is 18.2 Å². The van der Waals surface area contributed by atoms with Crippen LogP contribution in [0.15, 0.2) is 81.6 Å². The second-order valence-electron chi connectivity index (χ2n) is 8.67. The average molecular weight is 533 g/mol. The number of rotatable bonds is 12. The summed E-state index contributed by atoms with van der Waals surface area (Å²) in [5.41, 5.74) is 8.51. The molecule has 0 bridgehead atoms. The fourth-order valence-electron chi connectivity index (χ4n) is 2.74. The number of nitrogens with zero attached hydrogens (tertiary/aromatic N) is 2. The van der Waals surface area contributed by atoms with Gasteiger partial charge in [-0.2, -0.15) is 0 Å². The van der Waals surface area contributed by atoms with Crippen molar-refractivity contribution in [3.05, 3.63) is 71.7 Å². The van der Waals surface area contributed by atoms with E-state index in [1.165, 1.54) is 28.8 Å². The van der Waals surface area contributed by atoms with Crippen LogP contribution in [0.4, 0.5) is 0 Å². The average Bonchev–Trinajstić information content (AvgIpc) is 3.09. The van der Waals surface area contributed by atoms with Gasteiger partial charge in [-0.25, -0.2) is 0 Å². The van der Waals surface area contributed by atoms with Crippen LogP contribution in [-0.2, 0) is 0 Å². The molecule has 0 aromatic carbocycles. The molecular weight excluding hydrogens is 476 g/mol. The highest BCUT2D eigenvalue weighted by Crippen LogP contribution is 2.21. The number of nitrogens with one attached hydrogen (secondary N) is 2. The third-order valence-electron chi connectivity index (χ3n) is 4.80. The number of hydrogen-bond donors (Lipinski definition) is 2. The minimum atomic E-state index is 0.530. The van der Waals surface area contributed by atoms with Crippen LogP contribution >= 0.6 is 11.6 Å². The lowest BCUT2D eigenvalue weighted by Crippen LogP contribution is -2.21. The van der Waals surface area contributed by atoms with Crippen molar-refractivity contribution in [3.8, 4) is 0 Å². The van der Waals surface area contributed by atoms with Crippen LogP contribution in [0.25, 0.3) is 0 Å². The lowest BCUT2D eigenvalue weighted by molar-refractivity contribution is 0.860. The van der Waals surface area contributed by atoms with E-state index in [4.69, 9.17) is 11.6 Å². The van der Waals surface area contributed by atoms with Crippen LogP contribution in [-0.4, -0.2) is 44.5 Å². The first-order valence-electron chi connectivity index (χ1n) is 13.6. The minimum absolute atomic E-state index is 0.530. The van der Waals surface area contributed by atoms with Gasteiger partial charge in [0.05, 0.1) is 12.3 Å². The van der Waals surface area contributed by atoms with Crippen LogP contribution in [0.1, 0.15) is 87.5 Å². The van der Waals surface area contributed by atoms with E-state index in [1.54, 1.807) is 7.05 Å². The molecular formula is C32H57ClN4. The van der Waals surface area contributed by atoms with Gasteiger partial charge in [-0.3, -0.25) is 9.98 Å². The van der Waals surface area contributed by atoms with Crippen molar-refractivity contribution < 1.29 is 0 Å². The SMILES string of the molecule is C=C(C)CCC1=C(NC)CC=C(CNC(=C)C(=C)C(CN=C(C)C)=NC)C=C1.CC.CCC.CCCCl. The zero-order chi connectivity index (χ0) is 29.2. The highest BCUT2D eigenvalue weighted by molar-refractivity contribution is 6.17. The van der Waals surface area contributed by atoms with Crippen molar-refractivity contribution in [2.75, 3.05) is 33.1 Å². The van der Waals surface area contributed by atoms with Crippen molar-refractivity contribution in [1.29, 1.82) is 0 Å². The predicted molar refractivity (Wildman–Crippen MR) is 174 cm³/mol. The summed E-state index contributed by atoms with van der Waals surface area (Å²) >= 11 is 5.19. The molecule has 0 atom stereocenters. The molecule has 1 aliphatic rings. The van der Waals surface area contributed by atoms with E-state index in [1.807, 2.05) is 41.7 Å². The molecule has 1 aliphatic carbocycles. The van der Waals surface area contributed by atoms with Crippen molar-refractivity contribution in [2.45, 2.75) is 87.5 Å². The Labute approximate surface area is 235 Å². The Morgan fingerprint density at radius 2 is 1.62 bits per heavy atom. The van der Waals surface area contributed by atoms with Gasteiger partial charge in [0.25, 0.3) is 0 Å². The third kappa shape index (κ3) is 21.5. The highest BCUT2D eigenvalue weighted by Gasteiger charge is 2.10. The first kappa shape index (κ1) is 39.2. The fraction of sp³-hybridized carbons (Fsp3) is 0.562. The summed E-state index contributed by atoms with van der Waals surface area (Å²) in [6.45, 7) is 29.8. The Morgan fingerprint density at radius 1 is 1.05 bits per heavy atom. The van der Waals surface area contributed by atoms with E-state index in [9.17, 15) is 0 Å². The van der Waals surface area contributed by atoms with E-state index in [0.29, 0.717) is 13.1 Å². The van der Waals surface area contributed by atoms with Crippen LogP contribution in [0.2, 0.25) is 0 Å². The second-order valence-corrected chi connectivity index (χ2v) is 9.05. The molecule has 5 heteroatoms. The minimum Gasteiger partial charge on any atom is -0.391 e. The maximum atomic E-state index is 5.19. The maximum Gasteiger partial charge on any atom is 0.0812 e. The summed E-state index contributed by atoms with van der Waals surface area (Å²) in [5, 5.41) is 6.73. The van der Waals surface area contributed by atoms with E-state index in [2.05, 4.69) is 79.4 Å². The molecule has 4 nitrogen and oxygen atoms in total. The molecule has 0 spiro atoms. The molecule has 0 radical (unpaired) electrons. The molecule has 0 saturated carbocycles. The van der Waals surface area contributed by atoms with E-state index in [-0.39, 0.29) is 0 Å². The van der Waals surface area contributed by atoms with Gasteiger partial charge in [0.2, 0.25) is 0 Å². The van der Waals surface area contributed by atoms with E-state index in [0.717, 1.165) is 54.3 Å². The number of halogens is 1. The molecule has 2 N–H and O–H groups in total. The third-order valence-corrected chi connectivity index (χ3v) is 5.18. The lowest BCUT2D eigenvalue weighted by Gasteiger charge is -2.14. The zero-order valence-electron chi connectivity index (χ0n) is 25.8. The van der Waals surface area contributed by atoms with Gasteiger partial charge in [-0.05, 0) is 51.2 Å². The fourth-order valence-corrected chi connectivity index (χ4v) is 2.74. The van der Waals surface area contributed by atoms with Crippen LogP contribution in [0.3, 0.4) is 0 Å². The Hall–Kier alpha value is -2.33. The van der Waals surface area contributed by atoms with E-state index < -0.39 is 0 Å². The molecule has 212 valence electrons. The Morgan fingerprint density at radius 3 is 2.05 bits per heavy atom. The summed E-state index contributed by atoms with van der Waals surface area (Å²) in [6.07, 6.45) is 11.9. The molecule has 0 fully saturated rings. The summed E-state index contributed by atoms with van der Waals surface area (Å²) < 4.78 is 0. The zero-order valence-corrected chi connectivity index (χ0v) is 26.5. The smallest absolute Gasteiger partial charge is 0.0812 e. The van der Waals surface area contributed by atoms with Gasteiger partial charge in [0, 0.05) is 55.6 Å². The molecule has 0 aromatic heterocycles. The maximum absolute atomic E-state index is 5.19. The largest absolute Gasteiger partial charge is 0.391 e. The normalized spacial score (nSPS) is 12.2. The molecule has 0 aromatic rings. The molecule has 0 amide bonds. The summed E-state index contributed by atoms with van der Waals surface area (Å²) in [7, 11) is 3.75. The molecule has 0 aliphatic heterocycles. The first-order chi connectivity index (χ1) is 17.6. The van der Waals surface area contributed by atoms with Crippen molar-refractivity contribution in [3.63, 3.8) is 0 Å². The lowest BCUT2D eigenvalue weighted by atomic mass is 10.0. The van der Waals surface area contributed by atoms with Crippen LogP contribution < -0.4 is 10.6 Å². The Bertz CT molecular complexity index is 805. The van der Waals surface area contributed by atoms with Crippen molar-refractivity contribution in [2.24, 2.45) is 9.98 Å². The summed E-state index contributed by atoms with van der Waals surface area (Å²) in [6, 6.07) is 0. The van der Waals surface area contributed by atoms with Gasteiger partial charge >= 0.3 is 0 Å². The van der Waals surface area contributed by atoms with Crippen molar-refractivity contribution in [1.82, 2.24) is 10.6 Å². The van der Waals surface area contributed by atoms with Gasteiger partial charge in [-0.1, -0.05) is 78.0 Å². The summed E-state index contributed by atoms with van der Waals surface area (Å²) in [4.78, 5) is 8.75. The Kier molecular flexibility index (Phi) is 28.3. The number of hydrogen-bond acceptors (Lipinski definition) is 4. The second kappa shape index (κ2) is 26.7. The van der Waals surface area contributed by atoms with Gasteiger partial charge in [0.15, 0.2) is 0 Å². The monoisotopic (exact) mass is 532 g/mol. The number of aliphatic imine (C=N–C) groups is 2. The number of allylic oxidation sites excluding steroid dienone is 5. The van der Waals surface area contributed by atoms with Crippen molar-refractivity contribution >= 4 is 23.0 Å². The standard InChI is InChI=1S/C24H36N4.C3H7Cl.C3H8.C2H6/c1-17(2)9-12-22-13-10-21(11-14-23(22)25-7)15-28-20(6)19(5)24(26-8)16-27-18(3)4;1-2-3-4;1-3-2;1-2/h10-11,13,25,28H,1,5-6,9,12,14-16H2,2-4,7-8H3;2-3H2,1H3;3H2,1-2H3;1-2H3.